The van der Waals surface area contributed by atoms with Crippen LogP contribution in [0.25, 0.3) is 0 Å². The number of ether oxygens (including phenoxy) is 1. The molecule has 22 heavy (non-hydrogen) atoms. The molecule has 120 valence electrons. The van der Waals surface area contributed by atoms with Gasteiger partial charge in [-0.05, 0) is 18.2 Å². The molecule has 0 N–H and O–H groups in total. The fraction of sp³-hybridized carbons (Fsp3) is 0.273. The molecule has 2 aromatic rings. The average Bonchev–Trinajstić information content (AvgIpc) is 2.86. The zero-order valence-corrected chi connectivity index (χ0v) is 14.1. The number of nitrogens with zero attached hydrogens (tertiary/aromatic N) is 2. The zero-order chi connectivity index (χ0) is 16.5. The summed E-state index contributed by atoms with van der Waals surface area (Å²) in [5, 5.41) is 4.83. The van der Waals surface area contributed by atoms with Crippen molar-refractivity contribution in [3.8, 4) is 5.75 Å². The fourth-order valence-corrected chi connectivity index (χ4v) is 4.58. The molecular formula is C11H8BrF3N2O3S2. The van der Waals surface area contributed by atoms with Gasteiger partial charge in [-0.25, -0.2) is 8.42 Å². The lowest BCUT2D eigenvalue weighted by atomic mass is 10.3. The van der Waals surface area contributed by atoms with Gasteiger partial charge in [-0.3, -0.25) is 0 Å². The van der Waals surface area contributed by atoms with Crippen molar-refractivity contribution in [2.75, 3.05) is 7.11 Å². The number of rotatable bonds is 4. The lowest BCUT2D eigenvalue weighted by molar-refractivity contribution is -0.138. The highest BCUT2D eigenvalue weighted by molar-refractivity contribution is 9.10. The SMILES string of the molecule is COc1ccc(Br)cc1S(=O)(=O)Cc1nnc(C(F)(F)F)s1. The first-order chi connectivity index (χ1) is 10.1. The molecule has 11 heteroatoms. The third kappa shape index (κ3) is 3.76. The standard InChI is InChI=1S/C11H8BrF3N2O3S2/c1-20-7-3-2-6(12)4-8(7)22(18,19)5-9-16-17-10(21-9)11(13,14)15/h2-4H,5H2,1H3. The molecule has 1 aromatic heterocycles. The smallest absolute Gasteiger partial charge is 0.445 e. The molecule has 0 spiro atoms. The Bertz CT molecular complexity index is 790. The van der Waals surface area contributed by atoms with Crippen LogP contribution in [-0.2, 0) is 21.8 Å². The van der Waals surface area contributed by atoms with Crippen LogP contribution in [0.5, 0.6) is 5.75 Å². The molecule has 0 aliphatic rings. The number of alkyl halides is 3. The van der Waals surface area contributed by atoms with E-state index in [0.29, 0.717) is 4.47 Å². The first kappa shape index (κ1) is 17.2. The number of hydrogen-bond donors (Lipinski definition) is 0. The summed E-state index contributed by atoms with van der Waals surface area (Å²) in [6.45, 7) is 0. The largest absolute Gasteiger partial charge is 0.495 e. The van der Waals surface area contributed by atoms with Crippen LogP contribution in [-0.4, -0.2) is 25.7 Å². The van der Waals surface area contributed by atoms with E-state index in [4.69, 9.17) is 4.74 Å². The summed E-state index contributed by atoms with van der Waals surface area (Å²) >= 11 is 3.34. The van der Waals surface area contributed by atoms with Crippen molar-refractivity contribution in [3.63, 3.8) is 0 Å². The van der Waals surface area contributed by atoms with E-state index in [0.717, 1.165) is 0 Å². The molecule has 0 fully saturated rings. The van der Waals surface area contributed by atoms with Crippen molar-refractivity contribution in [1.29, 1.82) is 0 Å². The highest BCUT2D eigenvalue weighted by Gasteiger charge is 2.36. The van der Waals surface area contributed by atoms with Crippen molar-refractivity contribution < 1.29 is 26.3 Å². The van der Waals surface area contributed by atoms with E-state index in [2.05, 4.69) is 26.1 Å². The molecule has 5 nitrogen and oxygen atoms in total. The molecule has 0 atom stereocenters. The number of halogens is 4. The molecule has 0 radical (unpaired) electrons. The highest BCUT2D eigenvalue weighted by atomic mass is 79.9. The van der Waals surface area contributed by atoms with Crippen molar-refractivity contribution in [3.05, 3.63) is 32.7 Å². The van der Waals surface area contributed by atoms with Crippen LogP contribution in [0.2, 0.25) is 0 Å². The minimum atomic E-state index is -4.65. The number of sulfone groups is 1. The Labute approximate surface area is 136 Å². The normalized spacial score (nSPS) is 12.4. The van der Waals surface area contributed by atoms with Gasteiger partial charge in [-0.1, -0.05) is 27.3 Å². The summed E-state index contributed by atoms with van der Waals surface area (Å²) in [4.78, 5) is -0.131. The molecule has 1 heterocycles. The maximum Gasteiger partial charge on any atom is 0.445 e. The summed E-state index contributed by atoms with van der Waals surface area (Å²) in [5.41, 5.74) is 0. The third-order valence-corrected chi connectivity index (χ3v) is 5.77. The number of benzene rings is 1. The van der Waals surface area contributed by atoms with Crippen LogP contribution in [0.1, 0.15) is 10.0 Å². The van der Waals surface area contributed by atoms with Gasteiger partial charge in [0, 0.05) is 4.47 Å². The van der Waals surface area contributed by atoms with Gasteiger partial charge in [0.1, 0.15) is 21.4 Å². The quantitative estimate of drug-likeness (QED) is 0.764. The molecule has 0 bridgehead atoms. The summed E-state index contributed by atoms with van der Waals surface area (Å²) < 4.78 is 67.6. The van der Waals surface area contributed by atoms with Crippen molar-refractivity contribution in [1.82, 2.24) is 10.2 Å². The first-order valence-corrected chi connectivity index (χ1v) is 8.85. The summed E-state index contributed by atoms with van der Waals surface area (Å²) in [6, 6.07) is 4.35. The van der Waals surface area contributed by atoms with Crippen LogP contribution in [0.15, 0.2) is 27.6 Å². The lowest BCUT2D eigenvalue weighted by Crippen LogP contribution is -2.07. The van der Waals surface area contributed by atoms with Crippen LogP contribution in [0, 0.1) is 0 Å². The molecular weight excluding hydrogens is 409 g/mol. The molecule has 1 aromatic carbocycles. The van der Waals surface area contributed by atoms with Gasteiger partial charge in [0.15, 0.2) is 9.84 Å². The lowest BCUT2D eigenvalue weighted by Gasteiger charge is -2.08. The van der Waals surface area contributed by atoms with E-state index in [1.54, 1.807) is 6.07 Å². The minimum Gasteiger partial charge on any atom is -0.495 e. The average molecular weight is 417 g/mol. The van der Waals surface area contributed by atoms with Gasteiger partial charge in [-0.2, -0.15) is 13.2 Å². The van der Waals surface area contributed by atoms with E-state index in [1.807, 2.05) is 0 Å². The summed E-state index contributed by atoms with van der Waals surface area (Å²) in [6.07, 6.45) is -4.65. The van der Waals surface area contributed by atoms with Crippen molar-refractivity contribution in [2.45, 2.75) is 16.8 Å². The molecule has 0 aliphatic heterocycles. The van der Waals surface area contributed by atoms with E-state index in [1.165, 1.54) is 19.2 Å². The Kier molecular flexibility index (Phi) is 4.78. The molecule has 0 saturated carbocycles. The van der Waals surface area contributed by atoms with Gasteiger partial charge in [0.2, 0.25) is 5.01 Å². The van der Waals surface area contributed by atoms with Crippen LogP contribution in [0.3, 0.4) is 0 Å². The predicted octanol–water partition coefficient (Wildman–Crippen LogP) is 3.30. The van der Waals surface area contributed by atoms with E-state index < -0.39 is 26.8 Å². The molecule has 0 amide bonds. The molecule has 0 saturated heterocycles. The number of aromatic nitrogens is 2. The highest BCUT2D eigenvalue weighted by Crippen LogP contribution is 2.34. The predicted molar refractivity (Wildman–Crippen MR) is 76.5 cm³/mol. The van der Waals surface area contributed by atoms with E-state index in [9.17, 15) is 21.6 Å². The van der Waals surface area contributed by atoms with Gasteiger partial charge in [-0.15, -0.1) is 10.2 Å². The number of hydrogen-bond acceptors (Lipinski definition) is 6. The Balaban J connectivity index is 2.36. The monoisotopic (exact) mass is 416 g/mol. The zero-order valence-electron chi connectivity index (χ0n) is 10.9. The van der Waals surface area contributed by atoms with Gasteiger partial charge >= 0.3 is 6.18 Å². The summed E-state index contributed by atoms with van der Waals surface area (Å²) in [5.74, 6) is -0.586. The van der Waals surface area contributed by atoms with Gasteiger partial charge in [0.05, 0.1) is 7.11 Å². The van der Waals surface area contributed by atoms with Gasteiger partial charge < -0.3 is 4.74 Å². The second kappa shape index (κ2) is 6.13. The van der Waals surface area contributed by atoms with Crippen molar-refractivity contribution >= 4 is 37.1 Å². The van der Waals surface area contributed by atoms with Crippen LogP contribution >= 0.6 is 27.3 Å². The molecule has 2 rings (SSSR count). The van der Waals surface area contributed by atoms with Crippen LogP contribution in [0.4, 0.5) is 13.2 Å². The Morgan fingerprint density at radius 2 is 2.00 bits per heavy atom. The second-order valence-corrected chi connectivity index (χ2v) is 7.99. The topological polar surface area (TPSA) is 69.2 Å². The maximum atomic E-state index is 12.5. The molecule has 0 unspecified atom stereocenters. The van der Waals surface area contributed by atoms with Crippen LogP contribution < -0.4 is 4.74 Å². The first-order valence-electron chi connectivity index (χ1n) is 5.59. The fourth-order valence-electron chi connectivity index (χ4n) is 1.56. The van der Waals surface area contributed by atoms with Gasteiger partial charge in [0.25, 0.3) is 0 Å². The minimum absolute atomic E-state index is 0.101. The Hall–Kier alpha value is -1.20. The van der Waals surface area contributed by atoms with E-state index >= 15 is 0 Å². The third-order valence-electron chi connectivity index (χ3n) is 2.48. The Morgan fingerprint density at radius 3 is 2.55 bits per heavy atom. The maximum absolute atomic E-state index is 12.5. The van der Waals surface area contributed by atoms with Crippen molar-refractivity contribution in [2.24, 2.45) is 0 Å². The summed E-state index contributed by atoms with van der Waals surface area (Å²) in [7, 11) is -2.62. The number of methoxy groups -OCH3 is 1. The van der Waals surface area contributed by atoms with E-state index in [-0.39, 0.29) is 27.0 Å². The Morgan fingerprint density at radius 1 is 1.32 bits per heavy atom. The molecule has 0 aliphatic carbocycles. The second-order valence-electron chi connectivity index (χ2n) is 4.05.